The fourth-order valence-electron chi connectivity index (χ4n) is 5.95. The molecule has 55 heavy (non-hydrogen) atoms. The van der Waals surface area contributed by atoms with Gasteiger partial charge in [-0.15, -0.1) is 0 Å². The van der Waals surface area contributed by atoms with E-state index in [0.717, 1.165) is 5.03 Å². The number of hydrogen-bond donors (Lipinski definition) is 2. The predicted octanol–water partition coefficient (Wildman–Crippen LogP) is 8.96. The van der Waals surface area contributed by atoms with E-state index >= 15 is 0 Å². The van der Waals surface area contributed by atoms with Gasteiger partial charge < -0.3 is 9.47 Å². The van der Waals surface area contributed by atoms with Crippen molar-refractivity contribution in [3.63, 3.8) is 0 Å². The molecule has 0 fully saturated rings. The number of ether oxygens (including phenoxy) is 2. The van der Waals surface area contributed by atoms with E-state index in [2.05, 4.69) is 47.0 Å². The minimum atomic E-state index is -2.58. The van der Waals surface area contributed by atoms with Crippen LogP contribution in [0.4, 0.5) is 21.0 Å². The average molecular weight is 903 g/mol. The number of hydrogen-bond acceptors (Lipinski definition) is 11. The Labute approximate surface area is 332 Å². The quantitative estimate of drug-likeness (QED) is 0.0154. The number of amides is 2. The molecule has 0 radical (unpaired) electrons. The average Bonchev–Trinajstić information content (AvgIpc) is 3.78. The number of rotatable bonds is 21. The first-order valence-electron chi connectivity index (χ1n) is 18.6. The number of non-ortho nitro benzene ring substituents is 2. The van der Waals surface area contributed by atoms with Crippen molar-refractivity contribution in [2.24, 2.45) is 4.99 Å². The number of benzene rings is 2. The summed E-state index contributed by atoms with van der Waals surface area (Å²) in [5.74, 6) is 0.528. The second-order valence-corrected chi connectivity index (χ2v) is 29.4. The normalized spacial score (nSPS) is 11.7. The number of fused-ring (bicyclic) bond motifs is 1. The summed E-state index contributed by atoms with van der Waals surface area (Å²) in [6.07, 6.45) is 10.6. The Kier molecular flexibility index (Phi) is 17.7. The number of carbonyl (C=O) groups is 2. The van der Waals surface area contributed by atoms with Crippen LogP contribution in [0.3, 0.4) is 0 Å². The summed E-state index contributed by atoms with van der Waals surface area (Å²) in [4.78, 5) is 55.9. The van der Waals surface area contributed by atoms with E-state index in [1.165, 1.54) is 105 Å². The molecule has 0 spiro atoms. The molecule has 0 unspecified atom stereocenters. The molecule has 2 aromatic heterocycles. The van der Waals surface area contributed by atoms with Crippen LogP contribution >= 0.6 is 23.1 Å². The van der Waals surface area contributed by atoms with Crippen LogP contribution in [-0.4, -0.2) is 68.1 Å². The fourth-order valence-corrected chi connectivity index (χ4v) is 27.0. The molecule has 15 nitrogen and oxygen atoms in total. The zero-order valence-electron chi connectivity index (χ0n) is 31.5. The first kappa shape index (κ1) is 43.5. The number of thioether (sulfide) groups is 1. The van der Waals surface area contributed by atoms with Gasteiger partial charge in [0.15, 0.2) is 0 Å². The summed E-state index contributed by atoms with van der Waals surface area (Å²) in [6, 6.07) is 11.1. The number of nitro benzene ring substituents is 2. The molecule has 0 aliphatic rings. The van der Waals surface area contributed by atoms with Gasteiger partial charge in [-0.3, -0.25) is 20.2 Å². The van der Waals surface area contributed by atoms with E-state index < -0.39 is 40.4 Å². The minimum absolute atomic E-state index is 0.0912. The van der Waals surface area contributed by atoms with Gasteiger partial charge in [0, 0.05) is 24.3 Å². The number of nitro groups is 2. The van der Waals surface area contributed by atoms with Crippen LogP contribution < -0.4 is 13.5 Å². The van der Waals surface area contributed by atoms with Crippen LogP contribution in [0, 0.1) is 20.2 Å². The molecule has 2 amide bonds. The maximum absolute atomic E-state index is 12.7. The van der Waals surface area contributed by atoms with Crippen LogP contribution in [0.2, 0.25) is 13.3 Å². The monoisotopic (exact) mass is 903 g/mol. The van der Waals surface area contributed by atoms with Crippen molar-refractivity contribution in [2.45, 2.75) is 97.3 Å². The molecule has 2 N–H and O–H groups in total. The Hall–Kier alpha value is -4.23. The van der Waals surface area contributed by atoms with Crippen LogP contribution in [0.15, 0.2) is 71.1 Å². The molecular formula is C37H49N7O8S2Sn. The van der Waals surface area contributed by atoms with E-state index in [-0.39, 0.29) is 30.5 Å². The third-order valence-electron chi connectivity index (χ3n) is 9.03. The molecule has 296 valence electrons. The van der Waals surface area contributed by atoms with Gasteiger partial charge in [-0.05, 0) is 35.4 Å². The van der Waals surface area contributed by atoms with Crippen molar-refractivity contribution in [3.05, 3.63) is 92.4 Å². The third-order valence-corrected chi connectivity index (χ3v) is 29.5. The molecule has 0 saturated heterocycles. The van der Waals surface area contributed by atoms with Crippen molar-refractivity contribution >= 4 is 78.7 Å². The second-order valence-electron chi connectivity index (χ2n) is 13.1. The molecule has 2 aromatic carbocycles. The van der Waals surface area contributed by atoms with Gasteiger partial charge in [0.25, 0.3) is 11.4 Å². The van der Waals surface area contributed by atoms with Gasteiger partial charge in [0.1, 0.15) is 13.2 Å². The van der Waals surface area contributed by atoms with Gasteiger partial charge in [-0.2, -0.15) is 0 Å². The zero-order valence-corrected chi connectivity index (χ0v) is 36.0. The molecule has 2 heterocycles. The summed E-state index contributed by atoms with van der Waals surface area (Å²) in [5, 5.41) is 28.3. The Balaban J connectivity index is 1.38. The summed E-state index contributed by atoms with van der Waals surface area (Å²) in [6.45, 7) is 6.85. The van der Waals surface area contributed by atoms with E-state index in [1.54, 1.807) is 14.7 Å². The Morgan fingerprint density at radius 2 is 1.40 bits per heavy atom. The van der Waals surface area contributed by atoms with Gasteiger partial charge in [-0.25, -0.2) is 9.59 Å². The van der Waals surface area contributed by atoms with Gasteiger partial charge >= 0.3 is 201 Å². The third kappa shape index (κ3) is 13.5. The molecule has 0 bridgehead atoms. The van der Waals surface area contributed by atoms with Crippen molar-refractivity contribution in [3.8, 4) is 0 Å². The van der Waals surface area contributed by atoms with Crippen LogP contribution in [0.1, 0.15) is 76.8 Å². The number of thiazole rings is 1. The first-order valence-corrected chi connectivity index (χ1v) is 27.8. The molecule has 18 heteroatoms. The zero-order chi connectivity index (χ0) is 39.6. The number of aromatic nitrogens is 2. The summed E-state index contributed by atoms with van der Waals surface area (Å²) < 4.78 is 18.5. The molecule has 0 aliphatic carbocycles. The van der Waals surface area contributed by atoms with Gasteiger partial charge in [0.05, 0.1) is 9.85 Å². The molecular weight excluding hydrogens is 853 g/mol. The van der Waals surface area contributed by atoms with Crippen molar-refractivity contribution < 1.29 is 28.9 Å². The standard InChI is InChI=1S/C25H22N7O8S2.3C4H9.Sn/c33-24(39-14-17-2-6-19(7-3-17)31(35)36)28-23(26-10-1-12-41-21-22-30(16-27-21)11-13-42-22)29-25(34)40-15-18-4-8-20(9-5-18)32(37)38;3*1-3-4-2;/h2-9,11,16H,1,10,12,14-15H2,(H2,26,28,29,33,34);3*1,3-4H2,2H3;. The Bertz CT molecular complexity index is 1880. The number of imidazole rings is 1. The number of carbonyl (C=O) groups excluding carboxylic acids is 2. The molecule has 0 aliphatic heterocycles. The second kappa shape index (κ2) is 22.4. The number of alkyl carbamates (subject to hydrolysis) is 1. The topological polar surface area (TPSA) is 193 Å². The number of nitrogens with zero attached hydrogens (tertiary/aromatic N) is 5. The molecule has 0 saturated carbocycles. The summed E-state index contributed by atoms with van der Waals surface area (Å²) in [7, 11) is 0. The van der Waals surface area contributed by atoms with Crippen molar-refractivity contribution in [2.75, 3.05) is 12.3 Å². The van der Waals surface area contributed by atoms with Gasteiger partial charge in [-0.1, -0.05) is 0 Å². The first-order chi connectivity index (χ1) is 26.6. The van der Waals surface area contributed by atoms with E-state index in [4.69, 9.17) is 14.5 Å². The summed E-state index contributed by atoms with van der Waals surface area (Å²) in [5.41, 5.74) is 0.851. The predicted molar refractivity (Wildman–Crippen MR) is 218 cm³/mol. The fraction of sp³-hybridized carbons (Fsp3) is 0.459. The molecule has 4 aromatic rings. The van der Waals surface area contributed by atoms with Crippen molar-refractivity contribution in [1.29, 1.82) is 0 Å². The van der Waals surface area contributed by atoms with E-state index in [0.29, 0.717) is 29.8 Å². The van der Waals surface area contributed by atoms with Gasteiger partial charge in [0.2, 0.25) is 0 Å². The Morgan fingerprint density at radius 3 is 1.93 bits per heavy atom. The molecule has 0 atom stereocenters. The van der Waals surface area contributed by atoms with Crippen LogP contribution in [0.25, 0.3) is 4.83 Å². The summed E-state index contributed by atoms with van der Waals surface area (Å²) >= 11 is 1.03. The van der Waals surface area contributed by atoms with E-state index in [1.807, 2.05) is 17.7 Å². The number of nitrogens with one attached hydrogen (secondary N) is 2. The van der Waals surface area contributed by atoms with E-state index in [9.17, 15) is 29.8 Å². The number of aliphatic imine (C=N–C) groups is 1. The number of guanidine groups is 1. The Morgan fingerprint density at radius 1 is 0.855 bits per heavy atom. The maximum atomic E-state index is 12.7. The van der Waals surface area contributed by atoms with Crippen LogP contribution in [0.5, 0.6) is 0 Å². The van der Waals surface area contributed by atoms with Crippen LogP contribution in [-0.2, 0) is 22.7 Å². The SMILES string of the molecule is CCC[CH2][Sn]([CH2]CCC)([CH2]CCC)[c]1cn2cnc(SCCCNC(=NC(=O)OCc3ccc([N+](=O)[O-])cc3)NC(=O)OCc3ccc([N+](=O)[O-])cc3)c2s1. The van der Waals surface area contributed by atoms with Crippen molar-refractivity contribution in [1.82, 2.24) is 20.0 Å². The molecule has 4 rings (SSSR count). The number of unbranched alkanes of at least 4 members (excludes halogenated alkanes) is 3.